The lowest BCUT2D eigenvalue weighted by atomic mass is 10.3. The van der Waals surface area contributed by atoms with E-state index in [2.05, 4.69) is 10.1 Å². The van der Waals surface area contributed by atoms with Crippen LogP contribution >= 0.6 is 0 Å². The van der Waals surface area contributed by atoms with Gasteiger partial charge in [0.15, 0.2) is 0 Å². The molecule has 6 heteroatoms. The topological polar surface area (TPSA) is 55.4 Å². The largest absolute Gasteiger partial charge is 0.340 e. The Bertz CT molecular complexity index is 832. The zero-order valence-electron chi connectivity index (χ0n) is 13.7. The quantitative estimate of drug-likeness (QED) is 0.726. The van der Waals surface area contributed by atoms with Crippen molar-refractivity contribution in [2.75, 3.05) is 7.05 Å². The molecule has 0 bridgehead atoms. The first-order chi connectivity index (χ1) is 11.1. The highest BCUT2D eigenvalue weighted by molar-refractivity contribution is 5.75. The third-order valence-electron chi connectivity index (χ3n) is 4.11. The number of pyridine rings is 1. The molecule has 23 heavy (non-hydrogen) atoms. The predicted molar refractivity (Wildman–Crippen MR) is 88.0 cm³/mol. The van der Waals surface area contributed by atoms with Gasteiger partial charge >= 0.3 is 0 Å². The molecule has 0 saturated heterocycles. The second kappa shape index (κ2) is 6.24. The summed E-state index contributed by atoms with van der Waals surface area (Å²) in [6, 6.07) is 7.85. The zero-order valence-corrected chi connectivity index (χ0v) is 13.7. The second-order valence-electron chi connectivity index (χ2n) is 5.77. The molecule has 0 saturated carbocycles. The summed E-state index contributed by atoms with van der Waals surface area (Å²) >= 11 is 0. The fourth-order valence-corrected chi connectivity index (χ4v) is 2.69. The fourth-order valence-electron chi connectivity index (χ4n) is 2.69. The lowest BCUT2D eigenvalue weighted by Crippen LogP contribution is -2.28. The fraction of sp³-hybridized carbons (Fsp3) is 0.353. The van der Waals surface area contributed by atoms with Crippen LogP contribution in [0.5, 0.6) is 0 Å². The number of nitrogens with zero attached hydrogens (tertiary/aromatic N) is 5. The maximum atomic E-state index is 12.4. The van der Waals surface area contributed by atoms with E-state index in [1.54, 1.807) is 11.1 Å². The van der Waals surface area contributed by atoms with Gasteiger partial charge in [0.25, 0.3) is 0 Å². The van der Waals surface area contributed by atoms with E-state index in [0.29, 0.717) is 19.5 Å². The van der Waals surface area contributed by atoms with E-state index >= 15 is 0 Å². The van der Waals surface area contributed by atoms with Crippen LogP contribution in [0.4, 0.5) is 0 Å². The normalized spacial score (nSPS) is 11.1. The number of hydrogen-bond acceptors (Lipinski definition) is 3. The molecule has 0 atom stereocenters. The molecule has 3 rings (SSSR count). The van der Waals surface area contributed by atoms with Gasteiger partial charge < -0.3 is 9.30 Å². The summed E-state index contributed by atoms with van der Waals surface area (Å²) in [4.78, 5) is 18.7. The maximum absolute atomic E-state index is 12.4. The number of hydrogen-bond donors (Lipinski definition) is 0. The number of carbonyl (C=O) groups is 1. The highest BCUT2D eigenvalue weighted by Crippen LogP contribution is 2.14. The highest BCUT2D eigenvalue weighted by atomic mass is 16.2. The SMILES string of the molecule is Cc1nc2ccccn2c1CN(C)C(=O)CCn1nccc1C. The summed E-state index contributed by atoms with van der Waals surface area (Å²) in [7, 11) is 1.83. The number of rotatable bonds is 5. The van der Waals surface area contributed by atoms with Crippen molar-refractivity contribution in [3.05, 3.63) is 53.7 Å². The number of fused-ring (bicyclic) bond motifs is 1. The Labute approximate surface area is 135 Å². The van der Waals surface area contributed by atoms with E-state index in [1.165, 1.54) is 0 Å². The van der Waals surface area contributed by atoms with Crippen LogP contribution in [0.2, 0.25) is 0 Å². The number of aromatic nitrogens is 4. The van der Waals surface area contributed by atoms with Crippen molar-refractivity contribution in [3.63, 3.8) is 0 Å². The molecule has 0 radical (unpaired) electrons. The van der Waals surface area contributed by atoms with E-state index in [1.807, 2.05) is 60.4 Å². The van der Waals surface area contributed by atoms with E-state index in [0.717, 1.165) is 22.7 Å². The Balaban J connectivity index is 1.68. The van der Waals surface area contributed by atoms with Crippen molar-refractivity contribution in [1.29, 1.82) is 0 Å². The molecule has 0 aromatic carbocycles. The third-order valence-corrected chi connectivity index (χ3v) is 4.11. The van der Waals surface area contributed by atoms with Gasteiger partial charge in [-0.3, -0.25) is 9.48 Å². The molecular weight excluding hydrogens is 290 g/mol. The molecule has 0 aliphatic carbocycles. The smallest absolute Gasteiger partial charge is 0.224 e. The molecule has 3 heterocycles. The summed E-state index contributed by atoms with van der Waals surface area (Å²) < 4.78 is 3.89. The van der Waals surface area contributed by atoms with Gasteiger partial charge in [-0.25, -0.2) is 4.98 Å². The van der Waals surface area contributed by atoms with E-state index in [-0.39, 0.29) is 5.91 Å². The molecule has 120 valence electrons. The average Bonchev–Trinajstić information content (AvgIpc) is 3.08. The van der Waals surface area contributed by atoms with Gasteiger partial charge in [-0.05, 0) is 32.0 Å². The first-order valence-electron chi connectivity index (χ1n) is 7.71. The number of carbonyl (C=O) groups excluding carboxylic acids is 1. The van der Waals surface area contributed by atoms with Crippen LogP contribution in [0.25, 0.3) is 5.65 Å². The van der Waals surface area contributed by atoms with Gasteiger partial charge in [-0.1, -0.05) is 6.07 Å². The summed E-state index contributed by atoms with van der Waals surface area (Å²) in [5, 5.41) is 4.21. The monoisotopic (exact) mass is 311 g/mol. The summed E-state index contributed by atoms with van der Waals surface area (Å²) in [6.07, 6.45) is 4.18. The minimum atomic E-state index is 0.102. The summed E-state index contributed by atoms with van der Waals surface area (Å²) in [5.41, 5.74) is 3.98. The molecule has 3 aromatic rings. The minimum absolute atomic E-state index is 0.102. The molecule has 6 nitrogen and oxygen atoms in total. The average molecular weight is 311 g/mol. The van der Waals surface area contributed by atoms with E-state index in [9.17, 15) is 4.79 Å². The van der Waals surface area contributed by atoms with E-state index in [4.69, 9.17) is 0 Å². The molecule has 3 aromatic heterocycles. The molecule has 0 N–H and O–H groups in total. The molecule has 0 aliphatic heterocycles. The molecular formula is C17H21N5O. The van der Waals surface area contributed by atoms with Crippen LogP contribution in [0.15, 0.2) is 36.7 Å². The van der Waals surface area contributed by atoms with Crippen LogP contribution in [0, 0.1) is 13.8 Å². The van der Waals surface area contributed by atoms with Gasteiger partial charge in [0.05, 0.1) is 17.9 Å². The Morgan fingerprint density at radius 3 is 2.83 bits per heavy atom. The first kappa shape index (κ1) is 15.3. The van der Waals surface area contributed by atoms with Crippen molar-refractivity contribution < 1.29 is 4.79 Å². The highest BCUT2D eigenvalue weighted by Gasteiger charge is 2.15. The second-order valence-corrected chi connectivity index (χ2v) is 5.77. The Kier molecular flexibility index (Phi) is 4.14. The van der Waals surface area contributed by atoms with Crippen molar-refractivity contribution in [1.82, 2.24) is 24.1 Å². The van der Waals surface area contributed by atoms with Crippen LogP contribution in [0.3, 0.4) is 0 Å². The Hall–Kier alpha value is -2.63. The molecule has 0 aliphatic rings. The van der Waals surface area contributed by atoms with Crippen molar-refractivity contribution in [2.45, 2.75) is 33.4 Å². The molecule has 0 unspecified atom stereocenters. The molecule has 0 fully saturated rings. The standard InChI is InChI=1S/C17H21N5O/c1-13-7-9-18-22(13)11-8-17(23)20(3)12-15-14(2)19-16-6-4-5-10-21(15)16/h4-7,9-10H,8,11-12H2,1-3H3. The van der Waals surface area contributed by atoms with Crippen LogP contribution in [0.1, 0.15) is 23.5 Å². The van der Waals surface area contributed by atoms with Gasteiger partial charge in [-0.2, -0.15) is 5.10 Å². The van der Waals surface area contributed by atoms with Crippen LogP contribution in [-0.2, 0) is 17.9 Å². The third kappa shape index (κ3) is 3.11. The zero-order chi connectivity index (χ0) is 16.4. The van der Waals surface area contributed by atoms with Crippen molar-refractivity contribution in [3.8, 4) is 0 Å². The Morgan fingerprint density at radius 1 is 1.26 bits per heavy atom. The predicted octanol–water partition coefficient (Wildman–Crippen LogP) is 2.20. The number of amides is 1. The minimum Gasteiger partial charge on any atom is -0.340 e. The van der Waals surface area contributed by atoms with Crippen LogP contribution < -0.4 is 0 Å². The van der Waals surface area contributed by atoms with Gasteiger partial charge in [0, 0.05) is 38.1 Å². The number of aryl methyl sites for hydroxylation is 3. The summed E-state index contributed by atoms with van der Waals surface area (Å²) in [5.74, 6) is 0.102. The maximum Gasteiger partial charge on any atom is 0.224 e. The van der Waals surface area contributed by atoms with Gasteiger partial charge in [0.2, 0.25) is 5.91 Å². The van der Waals surface area contributed by atoms with Gasteiger partial charge in [0.1, 0.15) is 5.65 Å². The first-order valence-corrected chi connectivity index (χ1v) is 7.71. The lowest BCUT2D eigenvalue weighted by molar-refractivity contribution is -0.130. The molecule has 0 spiro atoms. The van der Waals surface area contributed by atoms with Crippen molar-refractivity contribution >= 4 is 11.6 Å². The van der Waals surface area contributed by atoms with Crippen molar-refractivity contribution in [2.24, 2.45) is 0 Å². The Morgan fingerprint density at radius 2 is 2.09 bits per heavy atom. The number of imidazole rings is 1. The van der Waals surface area contributed by atoms with Gasteiger partial charge in [-0.15, -0.1) is 0 Å². The lowest BCUT2D eigenvalue weighted by Gasteiger charge is -2.17. The summed E-state index contributed by atoms with van der Waals surface area (Å²) in [6.45, 7) is 5.12. The van der Waals surface area contributed by atoms with Crippen LogP contribution in [-0.4, -0.2) is 37.0 Å². The van der Waals surface area contributed by atoms with E-state index < -0.39 is 0 Å². The molecule has 1 amide bonds.